The van der Waals surface area contributed by atoms with Crippen LogP contribution in [0.15, 0.2) is 109 Å². The van der Waals surface area contributed by atoms with Crippen LogP contribution in [0.1, 0.15) is 43.0 Å². The van der Waals surface area contributed by atoms with E-state index in [4.69, 9.17) is 30.4 Å². The number of carbonyl (C=O) groups excluding carboxylic acids is 2. The zero-order chi connectivity index (χ0) is 32.7. The summed E-state index contributed by atoms with van der Waals surface area (Å²) in [6.45, 7) is 0.642. The zero-order valence-corrected chi connectivity index (χ0v) is 25.4. The van der Waals surface area contributed by atoms with Gasteiger partial charge >= 0.3 is 0 Å². The minimum Gasteiger partial charge on any atom is -0.388 e. The molecule has 0 fully saturated rings. The van der Waals surface area contributed by atoms with E-state index in [1.54, 1.807) is 48.5 Å². The summed E-state index contributed by atoms with van der Waals surface area (Å²) in [5.74, 6) is -1.08. The van der Waals surface area contributed by atoms with E-state index in [0.29, 0.717) is 11.1 Å². The van der Waals surface area contributed by atoms with Crippen LogP contribution in [-0.4, -0.2) is 59.7 Å². The molecule has 10 heteroatoms. The Hall–Kier alpha value is -4.42. The first-order valence-corrected chi connectivity index (χ1v) is 14.9. The lowest BCUT2D eigenvalue weighted by molar-refractivity contribution is -0.170. The van der Waals surface area contributed by atoms with Crippen LogP contribution in [0.3, 0.4) is 0 Å². The van der Waals surface area contributed by atoms with Crippen molar-refractivity contribution in [2.24, 2.45) is 11.5 Å². The summed E-state index contributed by atoms with van der Waals surface area (Å²) in [5.41, 5.74) is 14.8. The molecule has 0 spiro atoms. The van der Waals surface area contributed by atoms with E-state index in [1.807, 2.05) is 60.7 Å². The van der Waals surface area contributed by atoms with Crippen LogP contribution in [0.5, 0.6) is 0 Å². The van der Waals surface area contributed by atoms with Crippen molar-refractivity contribution in [2.75, 3.05) is 13.2 Å². The van der Waals surface area contributed by atoms with Gasteiger partial charge in [-0.3, -0.25) is 9.59 Å². The number of rotatable bonds is 19. The minimum absolute atomic E-state index is 0.0291. The molecule has 4 rings (SSSR count). The summed E-state index contributed by atoms with van der Waals surface area (Å²) in [6.07, 6.45) is -4.76. The number of carbonyl (C=O) groups is 2. The maximum Gasteiger partial charge on any atom is 0.248 e. The maximum atomic E-state index is 11.5. The molecule has 0 aliphatic heterocycles. The van der Waals surface area contributed by atoms with E-state index in [2.05, 4.69) is 0 Å². The Bertz CT molecular complexity index is 1370. The van der Waals surface area contributed by atoms with Gasteiger partial charge in [-0.05, 0) is 46.5 Å². The second-order valence-electron chi connectivity index (χ2n) is 10.8. The summed E-state index contributed by atoms with van der Waals surface area (Å²) < 4.78 is 24.0. The quantitative estimate of drug-likeness (QED) is 0.123. The zero-order valence-electron chi connectivity index (χ0n) is 25.4. The molecular formula is C36H40N2O8. The molecule has 4 aromatic carbocycles. The molecule has 0 aliphatic carbocycles. The SMILES string of the molecule is NC(=O)c1ccc(CO[C@H](COCc2ccccc2)[C@@H](O)[C@H](O)[C@@H](COCc2ccccc2)OCc2ccc(C(N)=O)cc2)cc1. The van der Waals surface area contributed by atoms with E-state index in [0.717, 1.165) is 22.3 Å². The second kappa shape index (κ2) is 17.9. The van der Waals surface area contributed by atoms with Gasteiger partial charge in [-0.25, -0.2) is 0 Å². The van der Waals surface area contributed by atoms with Crippen LogP contribution in [0.2, 0.25) is 0 Å². The number of amides is 2. The molecule has 0 aliphatic rings. The van der Waals surface area contributed by atoms with Gasteiger partial charge in [-0.1, -0.05) is 84.9 Å². The molecule has 2 amide bonds. The first-order valence-electron chi connectivity index (χ1n) is 14.9. The van der Waals surface area contributed by atoms with Crippen molar-refractivity contribution in [1.82, 2.24) is 0 Å². The maximum absolute atomic E-state index is 11.5. The summed E-state index contributed by atoms with van der Waals surface area (Å²) in [6, 6.07) is 32.3. The van der Waals surface area contributed by atoms with Gasteiger partial charge in [-0.2, -0.15) is 0 Å². The summed E-state index contributed by atoms with van der Waals surface area (Å²) >= 11 is 0. The molecule has 0 bridgehead atoms. The summed E-state index contributed by atoms with van der Waals surface area (Å²) in [4.78, 5) is 22.9. The molecule has 10 nitrogen and oxygen atoms in total. The molecule has 46 heavy (non-hydrogen) atoms. The average Bonchev–Trinajstić information content (AvgIpc) is 3.08. The molecule has 4 atom stereocenters. The van der Waals surface area contributed by atoms with Gasteiger partial charge in [0, 0.05) is 11.1 Å². The number of nitrogens with two attached hydrogens (primary N) is 2. The third-order valence-electron chi connectivity index (χ3n) is 7.30. The fraction of sp³-hybridized carbons (Fsp3) is 0.278. The van der Waals surface area contributed by atoms with Crippen molar-refractivity contribution in [3.8, 4) is 0 Å². The summed E-state index contributed by atoms with van der Waals surface area (Å²) in [5, 5.41) is 22.9. The molecule has 6 N–H and O–H groups in total. The van der Waals surface area contributed by atoms with Crippen molar-refractivity contribution < 1.29 is 38.7 Å². The van der Waals surface area contributed by atoms with Crippen molar-refractivity contribution in [2.45, 2.75) is 50.8 Å². The van der Waals surface area contributed by atoms with E-state index in [-0.39, 0.29) is 39.6 Å². The average molecular weight is 629 g/mol. The van der Waals surface area contributed by atoms with Crippen LogP contribution < -0.4 is 11.5 Å². The molecule has 0 heterocycles. The predicted molar refractivity (Wildman–Crippen MR) is 171 cm³/mol. The highest BCUT2D eigenvalue weighted by Gasteiger charge is 2.34. The lowest BCUT2D eigenvalue weighted by atomic mass is 10.0. The molecule has 0 unspecified atom stereocenters. The molecule has 0 aromatic heterocycles. The summed E-state index contributed by atoms with van der Waals surface area (Å²) in [7, 11) is 0. The Balaban J connectivity index is 1.46. The first-order chi connectivity index (χ1) is 22.3. The molecule has 242 valence electrons. The predicted octanol–water partition coefficient (Wildman–Crippen LogP) is 3.51. The van der Waals surface area contributed by atoms with E-state index >= 15 is 0 Å². The Morgan fingerprint density at radius 2 is 0.826 bits per heavy atom. The molecule has 0 saturated heterocycles. The minimum atomic E-state index is -1.43. The monoisotopic (exact) mass is 628 g/mol. The highest BCUT2D eigenvalue weighted by molar-refractivity contribution is 5.93. The van der Waals surface area contributed by atoms with Crippen LogP contribution in [0, 0.1) is 0 Å². The smallest absolute Gasteiger partial charge is 0.248 e. The normalized spacial score (nSPS) is 13.9. The van der Waals surface area contributed by atoms with Crippen LogP contribution in [-0.2, 0) is 45.4 Å². The van der Waals surface area contributed by atoms with E-state index < -0.39 is 36.2 Å². The second-order valence-corrected chi connectivity index (χ2v) is 10.8. The number of aliphatic hydroxyl groups excluding tert-OH is 2. The van der Waals surface area contributed by atoms with Gasteiger partial charge in [0.15, 0.2) is 0 Å². The third kappa shape index (κ3) is 10.9. The Labute approximate surface area is 268 Å². The Kier molecular flexibility index (Phi) is 13.4. The third-order valence-corrected chi connectivity index (χ3v) is 7.30. The lowest BCUT2D eigenvalue weighted by Crippen LogP contribution is -2.49. The van der Waals surface area contributed by atoms with Crippen molar-refractivity contribution in [3.05, 3.63) is 143 Å². The first kappa shape index (κ1) is 34.5. The number of benzene rings is 4. The largest absolute Gasteiger partial charge is 0.388 e. The van der Waals surface area contributed by atoms with Gasteiger partial charge in [0.1, 0.15) is 24.4 Å². The van der Waals surface area contributed by atoms with Crippen molar-refractivity contribution in [3.63, 3.8) is 0 Å². The van der Waals surface area contributed by atoms with Gasteiger partial charge < -0.3 is 40.6 Å². The fourth-order valence-electron chi connectivity index (χ4n) is 4.60. The van der Waals surface area contributed by atoms with Gasteiger partial charge in [0.25, 0.3) is 0 Å². The molecular weight excluding hydrogens is 588 g/mol. The van der Waals surface area contributed by atoms with Crippen molar-refractivity contribution in [1.29, 1.82) is 0 Å². The topological polar surface area (TPSA) is 164 Å². The molecule has 4 aromatic rings. The van der Waals surface area contributed by atoms with Crippen LogP contribution in [0.25, 0.3) is 0 Å². The number of hydrogen-bond acceptors (Lipinski definition) is 8. The number of primary amides is 2. The van der Waals surface area contributed by atoms with Gasteiger partial charge in [-0.15, -0.1) is 0 Å². The van der Waals surface area contributed by atoms with Crippen LogP contribution in [0.4, 0.5) is 0 Å². The standard InChI is InChI=1S/C36H40N2O8/c37-35(41)29-15-11-27(12-16-29)21-45-31(23-43-19-25-7-3-1-4-8-25)33(39)34(40)32(24-44-20-26-9-5-2-6-10-26)46-22-28-13-17-30(18-14-28)36(38)42/h1-18,31-34,39-40H,19-24H2,(H2,37,41)(H2,38,42)/t31-,32-,33-,34-/m1/s1. The van der Waals surface area contributed by atoms with Gasteiger partial charge in [0.2, 0.25) is 11.8 Å². The fourth-order valence-corrected chi connectivity index (χ4v) is 4.60. The van der Waals surface area contributed by atoms with Crippen molar-refractivity contribution >= 4 is 11.8 Å². The number of hydrogen-bond donors (Lipinski definition) is 4. The van der Waals surface area contributed by atoms with Crippen LogP contribution >= 0.6 is 0 Å². The highest BCUT2D eigenvalue weighted by atomic mass is 16.6. The lowest BCUT2D eigenvalue weighted by Gasteiger charge is -2.32. The number of ether oxygens (including phenoxy) is 4. The molecule has 0 saturated carbocycles. The molecule has 0 radical (unpaired) electrons. The Morgan fingerprint density at radius 3 is 1.15 bits per heavy atom. The number of aliphatic hydroxyl groups is 2. The van der Waals surface area contributed by atoms with E-state index in [1.165, 1.54) is 0 Å². The Morgan fingerprint density at radius 1 is 0.500 bits per heavy atom. The van der Waals surface area contributed by atoms with E-state index in [9.17, 15) is 19.8 Å². The highest BCUT2D eigenvalue weighted by Crippen LogP contribution is 2.18. The van der Waals surface area contributed by atoms with Gasteiger partial charge in [0.05, 0.1) is 39.6 Å².